The summed E-state index contributed by atoms with van der Waals surface area (Å²) in [5.74, 6) is -0.781. The Morgan fingerprint density at radius 2 is 1.65 bits per heavy atom. The molecule has 0 bridgehead atoms. The first-order valence-electron chi connectivity index (χ1n) is 7.78. The van der Waals surface area contributed by atoms with Gasteiger partial charge in [-0.05, 0) is 32.6 Å². The van der Waals surface area contributed by atoms with Gasteiger partial charge in [0, 0.05) is 25.6 Å². The number of carboxylic acids is 1. The predicted octanol–water partition coefficient (Wildman–Crippen LogP) is 3.24. The number of nitrogens with zero attached hydrogens (tertiary/aromatic N) is 1. The topological polar surface area (TPSA) is 69.6 Å². The molecule has 1 unspecified atom stereocenters. The number of carbonyl (C=O) groups is 2. The lowest BCUT2D eigenvalue weighted by Gasteiger charge is -2.25. The van der Waals surface area contributed by atoms with Gasteiger partial charge in [-0.3, -0.25) is 4.79 Å². The SMILES string of the molecule is CCCCN(CCCC)C(=O)NC(C)CCCC(=O)O. The molecule has 5 nitrogen and oxygen atoms in total. The quantitative estimate of drug-likeness (QED) is 0.612. The van der Waals surface area contributed by atoms with Crippen molar-refractivity contribution in [1.82, 2.24) is 10.2 Å². The third-order valence-corrected chi connectivity index (χ3v) is 3.25. The first-order valence-corrected chi connectivity index (χ1v) is 7.78. The van der Waals surface area contributed by atoms with Gasteiger partial charge in [0.2, 0.25) is 0 Å². The van der Waals surface area contributed by atoms with Gasteiger partial charge in [-0.25, -0.2) is 4.79 Å². The van der Waals surface area contributed by atoms with E-state index < -0.39 is 5.97 Å². The van der Waals surface area contributed by atoms with E-state index in [4.69, 9.17) is 5.11 Å². The van der Waals surface area contributed by atoms with E-state index >= 15 is 0 Å². The number of hydrogen-bond donors (Lipinski definition) is 2. The minimum absolute atomic E-state index is 0.0188. The lowest BCUT2D eigenvalue weighted by atomic mass is 10.1. The Hall–Kier alpha value is -1.26. The number of unbranched alkanes of at least 4 members (excludes halogenated alkanes) is 2. The molecule has 0 aromatic rings. The summed E-state index contributed by atoms with van der Waals surface area (Å²) in [5, 5.41) is 11.6. The highest BCUT2D eigenvalue weighted by Crippen LogP contribution is 2.04. The van der Waals surface area contributed by atoms with Gasteiger partial charge in [0.05, 0.1) is 0 Å². The second-order valence-corrected chi connectivity index (χ2v) is 5.33. The highest BCUT2D eigenvalue weighted by Gasteiger charge is 2.14. The first kappa shape index (κ1) is 18.7. The molecule has 0 aliphatic carbocycles. The minimum Gasteiger partial charge on any atom is -0.481 e. The van der Waals surface area contributed by atoms with Crippen LogP contribution in [-0.4, -0.2) is 41.1 Å². The van der Waals surface area contributed by atoms with Crippen molar-refractivity contribution >= 4 is 12.0 Å². The monoisotopic (exact) mass is 286 g/mol. The van der Waals surface area contributed by atoms with Gasteiger partial charge in [-0.1, -0.05) is 26.7 Å². The van der Waals surface area contributed by atoms with Crippen molar-refractivity contribution in [2.45, 2.75) is 71.8 Å². The normalized spacial score (nSPS) is 11.9. The van der Waals surface area contributed by atoms with E-state index in [1.54, 1.807) is 0 Å². The number of rotatable bonds is 11. The van der Waals surface area contributed by atoms with Crippen LogP contribution in [0, 0.1) is 0 Å². The van der Waals surface area contributed by atoms with E-state index in [1.807, 2.05) is 11.8 Å². The van der Waals surface area contributed by atoms with E-state index in [0.29, 0.717) is 12.8 Å². The van der Waals surface area contributed by atoms with Crippen LogP contribution < -0.4 is 5.32 Å². The zero-order valence-corrected chi connectivity index (χ0v) is 13.2. The molecule has 0 saturated heterocycles. The average molecular weight is 286 g/mol. The van der Waals surface area contributed by atoms with Gasteiger partial charge in [0.25, 0.3) is 0 Å². The Balaban J connectivity index is 4.10. The maximum atomic E-state index is 12.2. The summed E-state index contributed by atoms with van der Waals surface area (Å²) < 4.78 is 0. The maximum Gasteiger partial charge on any atom is 0.317 e. The molecule has 5 heteroatoms. The second kappa shape index (κ2) is 11.6. The molecule has 0 aliphatic rings. The number of urea groups is 1. The molecule has 0 radical (unpaired) electrons. The molecule has 2 N–H and O–H groups in total. The lowest BCUT2D eigenvalue weighted by Crippen LogP contribution is -2.44. The van der Waals surface area contributed by atoms with Crippen molar-refractivity contribution in [1.29, 1.82) is 0 Å². The minimum atomic E-state index is -0.781. The van der Waals surface area contributed by atoms with Gasteiger partial charge >= 0.3 is 12.0 Å². The number of aliphatic carboxylic acids is 1. The van der Waals surface area contributed by atoms with Crippen LogP contribution in [0.3, 0.4) is 0 Å². The van der Waals surface area contributed by atoms with E-state index in [9.17, 15) is 9.59 Å². The van der Waals surface area contributed by atoms with Gasteiger partial charge in [0.15, 0.2) is 0 Å². The lowest BCUT2D eigenvalue weighted by molar-refractivity contribution is -0.137. The molecule has 0 spiro atoms. The van der Waals surface area contributed by atoms with Gasteiger partial charge in [0.1, 0.15) is 0 Å². The van der Waals surface area contributed by atoms with Crippen LogP contribution in [0.25, 0.3) is 0 Å². The number of nitrogens with one attached hydrogen (secondary N) is 1. The fraction of sp³-hybridized carbons (Fsp3) is 0.867. The van der Waals surface area contributed by atoms with E-state index in [1.165, 1.54) is 0 Å². The Labute approximate surface area is 122 Å². The molecule has 0 aromatic carbocycles. The van der Waals surface area contributed by atoms with Crippen LogP contribution in [0.1, 0.15) is 65.7 Å². The van der Waals surface area contributed by atoms with Crippen molar-refractivity contribution in [3.05, 3.63) is 0 Å². The van der Waals surface area contributed by atoms with Crippen LogP contribution in [0.15, 0.2) is 0 Å². The molecule has 118 valence electrons. The number of carboxylic acid groups (broad SMARTS) is 1. The van der Waals surface area contributed by atoms with Crippen LogP contribution in [-0.2, 0) is 4.79 Å². The second-order valence-electron chi connectivity index (χ2n) is 5.33. The molecule has 0 aromatic heterocycles. The summed E-state index contributed by atoms with van der Waals surface area (Å²) in [6.45, 7) is 7.75. The van der Waals surface area contributed by atoms with E-state index in [-0.39, 0.29) is 18.5 Å². The summed E-state index contributed by atoms with van der Waals surface area (Å²) in [4.78, 5) is 24.5. The maximum absolute atomic E-state index is 12.2. The van der Waals surface area contributed by atoms with Crippen LogP contribution in [0.4, 0.5) is 4.79 Å². The van der Waals surface area contributed by atoms with Crippen LogP contribution in [0.5, 0.6) is 0 Å². The number of carbonyl (C=O) groups excluding carboxylic acids is 1. The predicted molar refractivity (Wildman–Crippen MR) is 80.9 cm³/mol. The smallest absolute Gasteiger partial charge is 0.317 e. The first-order chi connectivity index (χ1) is 9.51. The summed E-state index contributed by atoms with van der Waals surface area (Å²) >= 11 is 0. The van der Waals surface area contributed by atoms with Crippen molar-refractivity contribution in [2.75, 3.05) is 13.1 Å². The highest BCUT2D eigenvalue weighted by atomic mass is 16.4. The summed E-state index contributed by atoms with van der Waals surface area (Å²) in [7, 11) is 0. The molecule has 1 atom stereocenters. The largest absolute Gasteiger partial charge is 0.481 e. The van der Waals surface area contributed by atoms with Crippen molar-refractivity contribution in [2.24, 2.45) is 0 Å². The highest BCUT2D eigenvalue weighted by molar-refractivity contribution is 5.74. The molecule has 0 heterocycles. The average Bonchev–Trinajstić information content (AvgIpc) is 2.38. The molecule has 0 rings (SSSR count). The van der Waals surface area contributed by atoms with E-state index in [2.05, 4.69) is 19.2 Å². The third-order valence-electron chi connectivity index (χ3n) is 3.25. The fourth-order valence-electron chi connectivity index (χ4n) is 1.95. The Morgan fingerprint density at radius 3 is 2.10 bits per heavy atom. The van der Waals surface area contributed by atoms with Gasteiger partial charge < -0.3 is 15.3 Å². The van der Waals surface area contributed by atoms with Crippen molar-refractivity contribution in [3.8, 4) is 0 Å². The summed E-state index contributed by atoms with van der Waals surface area (Å²) in [5.41, 5.74) is 0. The van der Waals surface area contributed by atoms with Gasteiger partial charge in [-0.15, -0.1) is 0 Å². The molecule has 20 heavy (non-hydrogen) atoms. The molecule has 0 fully saturated rings. The molecule has 0 aliphatic heterocycles. The zero-order valence-electron chi connectivity index (χ0n) is 13.2. The van der Waals surface area contributed by atoms with E-state index in [0.717, 1.165) is 38.8 Å². The van der Waals surface area contributed by atoms with Crippen molar-refractivity contribution < 1.29 is 14.7 Å². The zero-order chi connectivity index (χ0) is 15.4. The Bertz CT molecular complexity index is 274. The standard InChI is InChI=1S/C15H30N2O3/c1-4-6-11-17(12-7-5-2)15(20)16-13(3)9-8-10-14(18)19/h13H,4-12H2,1-3H3,(H,16,20)(H,18,19). The van der Waals surface area contributed by atoms with Gasteiger partial charge in [-0.2, -0.15) is 0 Å². The summed E-state index contributed by atoms with van der Waals surface area (Å²) in [6, 6.07) is 0.00216. The third kappa shape index (κ3) is 9.64. The number of amides is 2. The van der Waals surface area contributed by atoms with Crippen LogP contribution >= 0.6 is 0 Å². The van der Waals surface area contributed by atoms with Crippen LogP contribution in [0.2, 0.25) is 0 Å². The summed E-state index contributed by atoms with van der Waals surface area (Å²) in [6.07, 6.45) is 5.65. The fourth-order valence-corrected chi connectivity index (χ4v) is 1.95. The molecule has 2 amide bonds. The molecule has 0 saturated carbocycles. The Morgan fingerprint density at radius 1 is 1.10 bits per heavy atom. The molecular weight excluding hydrogens is 256 g/mol. The molecular formula is C15H30N2O3. The number of hydrogen-bond acceptors (Lipinski definition) is 2. The van der Waals surface area contributed by atoms with Crippen molar-refractivity contribution in [3.63, 3.8) is 0 Å². The Kier molecular flexibility index (Phi) is 10.8.